The van der Waals surface area contributed by atoms with E-state index in [1.54, 1.807) is 0 Å². The third kappa shape index (κ3) is 2.70. The van der Waals surface area contributed by atoms with E-state index in [1.165, 1.54) is 24.8 Å². The summed E-state index contributed by atoms with van der Waals surface area (Å²) in [4.78, 5) is 0. The topological polar surface area (TPSA) is 18.5 Å². The van der Waals surface area contributed by atoms with E-state index in [1.807, 2.05) is 0 Å². The van der Waals surface area contributed by atoms with Gasteiger partial charge in [0.1, 0.15) is 0 Å². The zero-order valence-electron chi connectivity index (χ0n) is 14.6. The molecule has 1 aliphatic heterocycles. The normalized spacial score (nSPS) is 48.4. The Morgan fingerprint density at radius 2 is 1.86 bits per heavy atom. The highest BCUT2D eigenvalue weighted by atomic mass is 16.7. The fourth-order valence-corrected chi connectivity index (χ4v) is 5.40. The number of rotatable bonds is 1. The third-order valence-electron chi connectivity index (χ3n) is 6.31. The molecule has 1 unspecified atom stereocenters. The van der Waals surface area contributed by atoms with Crippen molar-refractivity contribution in [1.29, 1.82) is 0 Å². The third-order valence-corrected chi connectivity index (χ3v) is 6.31. The van der Waals surface area contributed by atoms with E-state index in [0.717, 1.165) is 24.2 Å². The molecule has 0 aromatic heterocycles. The number of hydrogen-bond acceptors (Lipinski definition) is 2. The lowest BCUT2D eigenvalue weighted by Gasteiger charge is -2.38. The van der Waals surface area contributed by atoms with Gasteiger partial charge in [-0.2, -0.15) is 0 Å². The summed E-state index contributed by atoms with van der Waals surface area (Å²) in [7, 11) is 0. The van der Waals surface area contributed by atoms with Gasteiger partial charge in [-0.15, -0.1) is 0 Å². The van der Waals surface area contributed by atoms with Crippen LogP contribution in [-0.4, -0.2) is 18.0 Å². The molecule has 2 nitrogen and oxygen atoms in total. The van der Waals surface area contributed by atoms with Gasteiger partial charge >= 0.3 is 0 Å². The number of allylic oxidation sites excluding steroid dienone is 1. The summed E-state index contributed by atoms with van der Waals surface area (Å²) >= 11 is 0. The zero-order valence-corrected chi connectivity index (χ0v) is 14.6. The van der Waals surface area contributed by atoms with Gasteiger partial charge in [0.25, 0.3) is 0 Å². The standard InChI is InChI=1S/C19H32O2/c1-12(2)9-17-20-16-10-14-13(3)7-8-15(14)18(4,5)11-19(16,6)21-17/h9,13-17H,7-8,10-11H2,1-6H3/t13-,14?,15-,16+,17+,19-/m1/s1. The van der Waals surface area contributed by atoms with Crippen molar-refractivity contribution in [2.45, 2.75) is 85.2 Å². The second kappa shape index (κ2) is 5.09. The van der Waals surface area contributed by atoms with E-state index in [0.29, 0.717) is 5.41 Å². The highest BCUT2D eigenvalue weighted by molar-refractivity contribution is 5.07. The molecule has 2 saturated carbocycles. The molecule has 3 fully saturated rings. The lowest BCUT2D eigenvalue weighted by molar-refractivity contribution is -0.0733. The molecule has 0 aromatic rings. The molecule has 3 rings (SSSR count). The van der Waals surface area contributed by atoms with E-state index in [9.17, 15) is 0 Å². The Labute approximate surface area is 130 Å². The van der Waals surface area contributed by atoms with Gasteiger partial charge in [-0.25, -0.2) is 0 Å². The molecule has 0 amide bonds. The first kappa shape index (κ1) is 15.6. The van der Waals surface area contributed by atoms with Crippen LogP contribution in [0.5, 0.6) is 0 Å². The molecule has 2 heteroatoms. The maximum Gasteiger partial charge on any atom is 0.178 e. The molecule has 0 bridgehead atoms. The number of fused-ring (bicyclic) bond motifs is 2. The molecule has 3 aliphatic rings. The molecular weight excluding hydrogens is 260 g/mol. The van der Waals surface area contributed by atoms with Crippen LogP contribution in [-0.2, 0) is 9.47 Å². The van der Waals surface area contributed by atoms with Gasteiger partial charge in [-0.3, -0.25) is 0 Å². The van der Waals surface area contributed by atoms with Crippen molar-refractivity contribution in [3.63, 3.8) is 0 Å². The van der Waals surface area contributed by atoms with Gasteiger partial charge in [-0.1, -0.05) is 32.8 Å². The van der Waals surface area contributed by atoms with E-state index in [-0.39, 0.29) is 18.0 Å². The molecule has 21 heavy (non-hydrogen) atoms. The number of ether oxygens (including phenoxy) is 2. The second-order valence-corrected chi connectivity index (χ2v) is 8.89. The van der Waals surface area contributed by atoms with E-state index in [2.05, 4.69) is 47.6 Å². The molecule has 1 heterocycles. The molecule has 0 N–H and O–H groups in total. The van der Waals surface area contributed by atoms with Gasteiger partial charge < -0.3 is 9.47 Å². The first-order valence-electron chi connectivity index (χ1n) is 8.69. The molecule has 0 radical (unpaired) electrons. The largest absolute Gasteiger partial charge is 0.343 e. The molecule has 1 saturated heterocycles. The van der Waals surface area contributed by atoms with Crippen molar-refractivity contribution in [1.82, 2.24) is 0 Å². The van der Waals surface area contributed by atoms with Gasteiger partial charge in [0, 0.05) is 0 Å². The smallest absolute Gasteiger partial charge is 0.178 e. The molecular formula is C19H32O2. The first-order valence-corrected chi connectivity index (χ1v) is 8.69. The Balaban J connectivity index is 1.88. The molecule has 6 atom stereocenters. The molecule has 0 aromatic carbocycles. The Bertz CT molecular complexity index is 435. The lowest BCUT2D eigenvalue weighted by atomic mass is 9.70. The highest BCUT2D eigenvalue weighted by Gasteiger charge is 2.56. The minimum Gasteiger partial charge on any atom is -0.343 e. The molecule has 120 valence electrons. The summed E-state index contributed by atoms with van der Waals surface area (Å²) < 4.78 is 12.7. The van der Waals surface area contributed by atoms with Crippen LogP contribution in [0.3, 0.4) is 0 Å². The van der Waals surface area contributed by atoms with E-state index >= 15 is 0 Å². The Morgan fingerprint density at radius 1 is 1.14 bits per heavy atom. The van der Waals surface area contributed by atoms with Crippen LogP contribution in [0, 0.1) is 23.2 Å². The van der Waals surface area contributed by atoms with Crippen LogP contribution in [0.25, 0.3) is 0 Å². The predicted molar refractivity (Wildman–Crippen MR) is 86.0 cm³/mol. The predicted octanol–water partition coefficient (Wildman–Crippen LogP) is 4.94. The zero-order chi connectivity index (χ0) is 15.4. The van der Waals surface area contributed by atoms with Crippen LogP contribution in [0.4, 0.5) is 0 Å². The van der Waals surface area contributed by atoms with E-state index in [4.69, 9.17) is 9.47 Å². The van der Waals surface area contributed by atoms with Crippen molar-refractivity contribution in [3.05, 3.63) is 11.6 Å². The van der Waals surface area contributed by atoms with Gasteiger partial charge in [-0.05, 0) is 69.3 Å². The minimum atomic E-state index is -0.144. The summed E-state index contributed by atoms with van der Waals surface area (Å²) in [6.07, 6.45) is 7.31. The summed E-state index contributed by atoms with van der Waals surface area (Å²) in [5.41, 5.74) is 1.50. The van der Waals surface area contributed by atoms with Crippen LogP contribution in [0.15, 0.2) is 11.6 Å². The van der Waals surface area contributed by atoms with Crippen LogP contribution in [0.1, 0.15) is 67.2 Å². The van der Waals surface area contributed by atoms with E-state index < -0.39 is 0 Å². The van der Waals surface area contributed by atoms with Crippen LogP contribution < -0.4 is 0 Å². The fourth-order valence-electron chi connectivity index (χ4n) is 5.40. The van der Waals surface area contributed by atoms with Crippen LogP contribution >= 0.6 is 0 Å². The molecule has 0 spiro atoms. The maximum absolute atomic E-state index is 6.38. The average molecular weight is 292 g/mol. The Kier molecular flexibility index (Phi) is 3.77. The van der Waals surface area contributed by atoms with Crippen molar-refractivity contribution in [2.24, 2.45) is 23.2 Å². The van der Waals surface area contributed by atoms with Crippen molar-refractivity contribution in [2.75, 3.05) is 0 Å². The molecule has 2 aliphatic carbocycles. The monoisotopic (exact) mass is 292 g/mol. The van der Waals surface area contributed by atoms with Crippen LogP contribution in [0.2, 0.25) is 0 Å². The summed E-state index contributed by atoms with van der Waals surface area (Å²) in [6.45, 7) is 13.9. The Hall–Kier alpha value is -0.340. The Morgan fingerprint density at radius 3 is 2.52 bits per heavy atom. The SMILES string of the molecule is CC(C)=C[C@H]1O[C@H]2CC3[C@H](C)CC[C@H]3C(C)(C)C[C@@]2(C)O1. The van der Waals surface area contributed by atoms with Crippen molar-refractivity contribution >= 4 is 0 Å². The average Bonchev–Trinajstić information content (AvgIpc) is 2.78. The summed E-state index contributed by atoms with van der Waals surface area (Å²) in [5, 5.41) is 0. The minimum absolute atomic E-state index is 0.121. The fraction of sp³-hybridized carbons (Fsp3) is 0.895. The lowest BCUT2D eigenvalue weighted by Crippen LogP contribution is -2.39. The van der Waals surface area contributed by atoms with Crippen molar-refractivity contribution in [3.8, 4) is 0 Å². The first-order chi connectivity index (χ1) is 9.71. The van der Waals surface area contributed by atoms with Gasteiger partial charge in [0.05, 0.1) is 11.7 Å². The number of hydrogen-bond donors (Lipinski definition) is 0. The van der Waals surface area contributed by atoms with Gasteiger partial charge in [0.2, 0.25) is 0 Å². The highest BCUT2D eigenvalue weighted by Crippen LogP contribution is 2.57. The maximum atomic E-state index is 6.38. The second-order valence-electron chi connectivity index (χ2n) is 8.89. The summed E-state index contributed by atoms with van der Waals surface area (Å²) in [6, 6.07) is 0. The quantitative estimate of drug-likeness (QED) is 0.638. The van der Waals surface area contributed by atoms with Crippen molar-refractivity contribution < 1.29 is 9.47 Å². The van der Waals surface area contributed by atoms with Gasteiger partial charge in [0.15, 0.2) is 6.29 Å². The summed E-state index contributed by atoms with van der Waals surface area (Å²) in [5.74, 6) is 2.48.